The normalized spacial score (nSPS) is 26.5. The number of hydrogen-bond acceptors (Lipinski definition) is 4. The molecule has 6 heteroatoms. The maximum absolute atomic E-state index is 14.4. The van der Waals surface area contributed by atoms with E-state index in [4.69, 9.17) is 0 Å². The molecule has 42 heavy (non-hydrogen) atoms. The van der Waals surface area contributed by atoms with Crippen LogP contribution in [0.5, 0.6) is 0 Å². The quantitative estimate of drug-likeness (QED) is 0.231. The van der Waals surface area contributed by atoms with Crippen LogP contribution in [0.4, 0.5) is 5.69 Å². The third-order valence-electron chi connectivity index (χ3n) is 10.6. The van der Waals surface area contributed by atoms with Crippen molar-refractivity contribution in [1.29, 1.82) is 0 Å². The fourth-order valence-corrected chi connectivity index (χ4v) is 8.48. The van der Waals surface area contributed by atoms with Crippen LogP contribution in [0, 0.1) is 23.2 Å². The van der Waals surface area contributed by atoms with Crippen LogP contribution in [0.1, 0.15) is 95.0 Å². The molecule has 1 aliphatic heterocycles. The fourth-order valence-electron chi connectivity index (χ4n) is 8.48. The van der Waals surface area contributed by atoms with Gasteiger partial charge in [0.25, 0.3) is 0 Å². The van der Waals surface area contributed by atoms with Crippen molar-refractivity contribution in [2.75, 3.05) is 4.90 Å². The highest BCUT2D eigenvalue weighted by Crippen LogP contribution is 2.60. The van der Waals surface area contributed by atoms with Crippen LogP contribution < -0.4 is 4.90 Å². The molecule has 8 rings (SSSR count). The number of nitrogens with one attached hydrogen (secondary N) is 1. The standard InChI is InChI=1S/C36H32N2O4/c1-36(2,3)18-12-14-20-25(16-18)29-30(31-28(20)24-10-6-7-11-27(24)37-31)35(42)38(34(29)41)19-13-15-23-26(17-19)33(40)22-9-5-4-8-21(22)32(23)39/h4-11,13,15,17-18,20,25,29-30,37H,12,14,16H2,1-3H3/t18-,20+,25-,29-,30+/m1/s1. The number of carbonyl (C=O) groups is 4. The van der Waals surface area contributed by atoms with E-state index >= 15 is 0 Å². The number of imide groups is 1. The van der Waals surface area contributed by atoms with Crippen LogP contribution in [-0.4, -0.2) is 28.4 Å². The van der Waals surface area contributed by atoms with E-state index in [0.717, 1.165) is 35.9 Å². The molecule has 3 aromatic carbocycles. The number of ketones is 2. The monoisotopic (exact) mass is 556 g/mol. The van der Waals surface area contributed by atoms with Crippen LogP contribution >= 0.6 is 0 Å². The summed E-state index contributed by atoms with van der Waals surface area (Å²) in [7, 11) is 0. The average Bonchev–Trinajstić information content (AvgIpc) is 3.50. The van der Waals surface area contributed by atoms with E-state index in [1.54, 1.807) is 42.5 Å². The summed E-state index contributed by atoms with van der Waals surface area (Å²) >= 11 is 0. The molecule has 6 nitrogen and oxygen atoms in total. The van der Waals surface area contributed by atoms with Crippen molar-refractivity contribution in [3.05, 3.63) is 100 Å². The molecule has 5 atom stereocenters. The van der Waals surface area contributed by atoms with Crippen molar-refractivity contribution in [1.82, 2.24) is 4.98 Å². The number of anilines is 1. The lowest BCUT2D eigenvalue weighted by Crippen LogP contribution is -2.41. The van der Waals surface area contributed by atoms with Crippen molar-refractivity contribution in [3.8, 4) is 0 Å². The Kier molecular flexibility index (Phi) is 5.20. The van der Waals surface area contributed by atoms with Crippen molar-refractivity contribution in [3.63, 3.8) is 0 Å². The predicted molar refractivity (Wildman–Crippen MR) is 160 cm³/mol. The Morgan fingerprint density at radius 1 is 0.762 bits per heavy atom. The van der Waals surface area contributed by atoms with Gasteiger partial charge in [0.1, 0.15) is 0 Å². The number of H-pyrrole nitrogens is 1. The summed E-state index contributed by atoms with van der Waals surface area (Å²) in [5.74, 6) is -1.32. The second kappa shape index (κ2) is 8.60. The summed E-state index contributed by atoms with van der Waals surface area (Å²) in [5.41, 5.74) is 4.80. The lowest BCUT2D eigenvalue weighted by molar-refractivity contribution is -0.123. The largest absolute Gasteiger partial charge is 0.357 e. The van der Waals surface area contributed by atoms with E-state index in [9.17, 15) is 19.2 Å². The molecule has 0 radical (unpaired) electrons. The average molecular weight is 557 g/mol. The molecular weight excluding hydrogens is 524 g/mol. The van der Waals surface area contributed by atoms with Gasteiger partial charge in [-0.15, -0.1) is 0 Å². The molecule has 4 aliphatic rings. The number of aromatic amines is 1. The van der Waals surface area contributed by atoms with Gasteiger partial charge < -0.3 is 4.98 Å². The molecule has 210 valence electrons. The molecule has 0 unspecified atom stereocenters. The van der Waals surface area contributed by atoms with Crippen molar-refractivity contribution < 1.29 is 19.2 Å². The second-order valence-electron chi connectivity index (χ2n) is 13.6. The summed E-state index contributed by atoms with van der Waals surface area (Å²) in [6.07, 6.45) is 2.98. The van der Waals surface area contributed by atoms with E-state index in [1.165, 1.54) is 10.5 Å². The number of nitrogens with zero attached hydrogens (tertiary/aromatic N) is 1. The number of benzene rings is 3. The zero-order valence-electron chi connectivity index (χ0n) is 23.9. The van der Waals surface area contributed by atoms with Crippen molar-refractivity contribution in [2.24, 2.45) is 23.2 Å². The Labute approximate surface area is 244 Å². The minimum atomic E-state index is -0.603. The number of carbonyl (C=O) groups excluding carboxylic acids is 4. The SMILES string of the molecule is CC(C)(C)[C@@H]1CC[C@@H]2c3c([nH]c4ccccc34)[C@H]3C(=O)N(c4ccc5c(c4)C(=O)c4ccccc4C5=O)C(=O)[C@@H]3[C@@H]2C1. The van der Waals surface area contributed by atoms with Gasteiger partial charge in [-0.05, 0) is 72.3 Å². The molecule has 1 saturated carbocycles. The third kappa shape index (κ3) is 3.32. The molecule has 1 aromatic heterocycles. The second-order valence-corrected chi connectivity index (χ2v) is 13.6. The van der Waals surface area contributed by atoms with Gasteiger partial charge in [0, 0.05) is 38.9 Å². The minimum absolute atomic E-state index is 0.0499. The Hall–Kier alpha value is -4.32. The Morgan fingerprint density at radius 2 is 1.43 bits per heavy atom. The van der Waals surface area contributed by atoms with Crippen LogP contribution in [0.25, 0.3) is 10.9 Å². The van der Waals surface area contributed by atoms with Gasteiger partial charge in [0.15, 0.2) is 11.6 Å². The fraction of sp³-hybridized carbons (Fsp3) is 0.333. The summed E-state index contributed by atoms with van der Waals surface area (Å²) in [4.78, 5) is 60.4. The molecular formula is C36H32N2O4. The van der Waals surface area contributed by atoms with Crippen LogP contribution in [0.2, 0.25) is 0 Å². The maximum Gasteiger partial charge on any atom is 0.243 e. The van der Waals surface area contributed by atoms with E-state index in [0.29, 0.717) is 28.3 Å². The Morgan fingerprint density at radius 3 is 2.17 bits per heavy atom. The Balaban J connectivity index is 1.26. The van der Waals surface area contributed by atoms with E-state index in [2.05, 4.69) is 31.8 Å². The number of amides is 2. The van der Waals surface area contributed by atoms with Crippen molar-refractivity contribution in [2.45, 2.75) is 51.9 Å². The van der Waals surface area contributed by atoms with Crippen LogP contribution in [0.3, 0.4) is 0 Å². The number of rotatable bonds is 1. The number of hydrogen-bond donors (Lipinski definition) is 1. The predicted octanol–water partition coefficient (Wildman–Crippen LogP) is 6.78. The zero-order chi connectivity index (χ0) is 29.1. The number of aromatic nitrogens is 1. The summed E-state index contributed by atoms with van der Waals surface area (Å²) < 4.78 is 0. The first kappa shape index (κ1) is 25.4. The maximum atomic E-state index is 14.4. The lowest BCUT2D eigenvalue weighted by Gasteiger charge is -2.47. The molecule has 0 spiro atoms. The van der Waals surface area contributed by atoms with E-state index in [1.807, 2.05) is 18.2 Å². The first-order valence-electron chi connectivity index (χ1n) is 15.0. The highest BCUT2D eigenvalue weighted by Gasteiger charge is 2.59. The third-order valence-corrected chi connectivity index (χ3v) is 10.6. The number of para-hydroxylation sites is 1. The van der Waals surface area contributed by atoms with Crippen LogP contribution in [-0.2, 0) is 9.59 Å². The molecule has 1 saturated heterocycles. The zero-order valence-corrected chi connectivity index (χ0v) is 23.9. The van der Waals surface area contributed by atoms with Gasteiger partial charge in [0.2, 0.25) is 11.8 Å². The first-order valence-corrected chi connectivity index (χ1v) is 15.0. The molecule has 2 fully saturated rings. The van der Waals surface area contributed by atoms with Gasteiger partial charge in [-0.2, -0.15) is 0 Å². The minimum Gasteiger partial charge on any atom is -0.357 e. The molecule has 2 amide bonds. The van der Waals surface area contributed by atoms with Gasteiger partial charge in [-0.1, -0.05) is 63.2 Å². The van der Waals surface area contributed by atoms with Crippen LogP contribution in [0.15, 0.2) is 66.7 Å². The molecule has 4 aromatic rings. The van der Waals surface area contributed by atoms with E-state index in [-0.39, 0.29) is 46.2 Å². The Bertz CT molecular complexity index is 1870. The smallest absolute Gasteiger partial charge is 0.243 e. The summed E-state index contributed by atoms with van der Waals surface area (Å²) in [6, 6.07) is 19.8. The molecule has 2 heterocycles. The van der Waals surface area contributed by atoms with Gasteiger partial charge >= 0.3 is 0 Å². The molecule has 3 aliphatic carbocycles. The lowest BCUT2D eigenvalue weighted by atomic mass is 9.56. The molecule has 1 N–H and O–H groups in total. The topological polar surface area (TPSA) is 87.3 Å². The van der Waals surface area contributed by atoms with E-state index < -0.39 is 11.8 Å². The van der Waals surface area contributed by atoms with Crippen molar-refractivity contribution >= 4 is 40.0 Å². The van der Waals surface area contributed by atoms with Gasteiger partial charge in [0.05, 0.1) is 17.5 Å². The summed E-state index contributed by atoms with van der Waals surface area (Å²) in [5, 5.41) is 1.14. The van der Waals surface area contributed by atoms with Gasteiger partial charge in [-0.3, -0.25) is 19.2 Å². The first-order chi connectivity index (χ1) is 20.1. The molecule has 0 bridgehead atoms. The number of fused-ring (bicyclic) bond motifs is 10. The highest BCUT2D eigenvalue weighted by molar-refractivity contribution is 6.30. The highest BCUT2D eigenvalue weighted by atomic mass is 16.2. The van der Waals surface area contributed by atoms with Gasteiger partial charge in [-0.25, -0.2) is 4.90 Å². The summed E-state index contributed by atoms with van der Waals surface area (Å²) in [6.45, 7) is 6.81.